The Labute approximate surface area is 126 Å². The molecule has 114 valence electrons. The van der Waals surface area contributed by atoms with Gasteiger partial charge < -0.3 is 10.2 Å². The molecule has 5 heteroatoms. The maximum atomic E-state index is 12.8. The van der Waals surface area contributed by atoms with Crippen molar-refractivity contribution in [2.24, 2.45) is 5.92 Å². The molecule has 0 aromatic rings. The highest BCUT2D eigenvalue weighted by Gasteiger charge is 2.48. The predicted molar refractivity (Wildman–Crippen MR) is 82.7 cm³/mol. The van der Waals surface area contributed by atoms with E-state index in [0.29, 0.717) is 11.7 Å². The molecule has 2 aliphatic heterocycles. The fraction of sp³-hybridized carbons (Fsp3) is 0.867. The zero-order chi connectivity index (χ0) is 14.9. The lowest BCUT2D eigenvalue weighted by Crippen LogP contribution is -2.70. The summed E-state index contributed by atoms with van der Waals surface area (Å²) < 4.78 is 0. The standard InChI is InChI=1S/C15H26N2O2S/c1-5-15(4)14(19)17(9-11-7-6-8-20-11)12(10(2)3)13(18)16-15/h10-12H,5-9H2,1-4H3,(H,16,18). The van der Waals surface area contributed by atoms with Crippen LogP contribution in [-0.2, 0) is 9.59 Å². The molecular weight excluding hydrogens is 272 g/mol. The molecule has 0 aliphatic carbocycles. The lowest BCUT2D eigenvalue weighted by molar-refractivity contribution is -0.156. The van der Waals surface area contributed by atoms with Crippen molar-refractivity contribution in [3.05, 3.63) is 0 Å². The summed E-state index contributed by atoms with van der Waals surface area (Å²) in [4.78, 5) is 27.1. The van der Waals surface area contributed by atoms with Crippen LogP contribution >= 0.6 is 11.8 Å². The van der Waals surface area contributed by atoms with Gasteiger partial charge in [0.25, 0.3) is 0 Å². The minimum Gasteiger partial charge on any atom is -0.340 e. The summed E-state index contributed by atoms with van der Waals surface area (Å²) in [5, 5.41) is 3.43. The van der Waals surface area contributed by atoms with Crippen LogP contribution in [0.3, 0.4) is 0 Å². The van der Waals surface area contributed by atoms with E-state index in [1.54, 1.807) is 0 Å². The molecule has 3 unspecified atom stereocenters. The molecule has 2 heterocycles. The van der Waals surface area contributed by atoms with Crippen LogP contribution in [0.1, 0.15) is 47.0 Å². The average molecular weight is 298 g/mol. The lowest BCUT2D eigenvalue weighted by Gasteiger charge is -2.46. The highest BCUT2D eigenvalue weighted by atomic mass is 32.2. The van der Waals surface area contributed by atoms with E-state index >= 15 is 0 Å². The van der Waals surface area contributed by atoms with Gasteiger partial charge in [-0.1, -0.05) is 20.8 Å². The number of piperazine rings is 1. The smallest absolute Gasteiger partial charge is 0.248 e. The third kappa shape index (κ3) is 2.83. The van der Waals surface area contributed by atoms with Crippen molar-refractivity contribution in [3.63, 3.8) is 0 Å². The van der Waals surface area contributed by atoms with Crippen LogP contribution < -0.4 is 5.32 Å². The van der Waals surface area contributed by atoms with E-state index in [4.69, 9.17) is 0 Å². The van der Waals surface area contributed by atoms with Crippen LogP contribution in [0.25, 0.3) is 0 Å². The molecule has 0 aromatic carbocycles. The van der Waals surface area contributed by atoms with Gasteiger partial charge in [0.1, 0.15) is 11.6 Å². The zero-order valence-corrected chi connectivity index (χ0v) is 13.8. The minimum atomic E-state index is -0.730. The molecule has 20 heavy (non-hydrogen) atoms. The lowest BCUT2D eigenvalue weighted by atomic mass is 9.88. The summed E-state index contributed by atoms with van der Waals surface area (Å²) in [5.74, 6) is 1.42. The number of hydrogen-bond acceptors (Lipinski definition) is 3. The number of rotatable bonds is 4. The van der Waals surface area contributed by atoms with Crippen molar-refractivity contribution in [1.29, 1.82) is 0 Å². The van der Waals surface area contributed by atoms with Crippen molar-refractivity contribution in [2.75, 3.05) is 12.3 Å². The number of nitrogens with one attached hydrogen (secondary N) is 1. The summed E-state index contributed by atoms with van der Waals surface area (Å²) in [5.41, 5.74) is -0.730. The van der Waals surface area contributed by atoms with E-state index in [2.05, 4.69) is 5.32 Å². The maximum Gasteiger partial charge on any atom is 0.248 e. The number of hydrogen-bond donors (Lipinski definition) is 1. The number of nitrogens with zero attached hydrogens (tertiary/aromatic N) is 1. The second-order valence-corrected chi connectivity index (χ2v) is 7.86. The van der Waals surface area contributed by atoms with E-state index in [1.807, 2.05) is 44.4 Å². The molecule has 0 aromatic heterocycles. The molecule has 1 N–H and O–H groups in total. The van der Waals surface area contributed by atoms with E-state index in [0.717, 1.165) is 13.0 Å². The maximum absolute atomic E-state index is 12.8. The van der Waals surface area contributed by atoms with Gasteiger partial charge in [-0.05, 0) is 37.9 Å². The first kappa shape index (κ1) is 15.7. The Morgan fingerprint density at radius 2 is 2.15 bits per heavy atom. The Morgan fingerprint density at radius 1 is 1.45 bits per heavy atom. The van der Waals surface area contributed by atoms with Gasteiger partial charge in [-0.25, -0.2) is 0 Å². The summed E-state index contributed by atoms with van der Waals surface area (Å²) >= 11 is 1.94. The fourth-order valence-corrected chi connectivity index (χ4v) is 4.36. The Balaban J connectivity index is 2.23. The highest BCUT2D eigenvalue weighted by Crippen LogP contribution is 2.31. The molecule has 0 spiro atoms. The number of carbonyl (C=O) groups excluding carboxylic acids is 2. The van der Waals surface area contributed by atoms with Crippen molar-refractivity contribution in [1.82, 2.24) is 10.2 Å². The van der Waals surface area contributed by atoms with Crippen LogP contribution in [0.5, 0.6) is 0 Å². The molecular formula is C15H26N2O2S. The van der Waals surface area contributed by atoms with Crippen LogP contribution in [0.4, 0.5) is 0 Å². The third-order valence-corrected chi connectivity index (χ3v) is 5.88. The van der Waals surface area contributed by atoms with Crippen molar-refractivity contribution in [2.45, 2.75) is 63.8 Å². The molecule has 0 radical (unpaired) electrons. The first-order valence-corrected chi connectivity index (χ1v) is 8.68. The van der Waals surface area contributed by atoms with Crippen LogP contribution in [0.15, 0.2) is 0 Å². The first-order valence-electron chi connectivity index (χ1n) is 7.63. The quantitative estimate of drug-likeness (QED) is 0.864. The Morgan fingerprint density at radius 3 is 2.65 bits per heavy atom. The normalized spacial score (nSPS) is 34.8. The van der Waals surface area contributed by atoms with Gasteiger partial charge in [-0.15, -0.1) is 0 Å². The largest absolute Gasteiger partial charge is 0.340 e. The van der Waals surface area contributed by atoms with E-state index in [9.17, 15) is 9.59 Å². The Kier molecular flexibility index (Phi) is 4.67. The fourth-order valence-electron chi connectivity index (χ4n) is 3.09. The molecule has 0 saturated carbocycles. The van der Waals surface area contributed by atoms with Crippen LogP contribution in [-0.4, -0.2) is 45.8 Å². The zero-order valence-electron chi connectivity index (χ0n) is 12.9. The second kappa shape index (κ2) is 5.96. The SMILES string of the molecule is CCC1(C)NC(=O)C(C(C)C)N(CC2CCCS2)C1=O. The van der Waals surface area contributed by atoms with Gasteiger partial charge in [0, 0.05) is 11.8 Å². The molecule has 3 atom stereocenters. The Hall–Kier alpha value is -0.710. The molecule has 4 nitrogen and oxygen atoms in total. The minimum absolute atomic E-state index is 0.00643. The molecule has 2 aliphatic rings. The highest BCUT2D eigenvalue weighted by molar-refractivity contribution is 8.00. The van der Waals surface area contributed by atoms with Crippen LogP contribution in [0.2, 0.25) is 0 Å². The van der Waals surface area contributed by atoms with Crippen molar-refractivity contribution >= 4 is 23.6 Å². The summed E-state index contributed by atoms with van der Waals surface area (Å²) in [6.45, 7) is 8.55. The van der Waals surface area contributed by atoms with Gasteiger partial charge in [-0.2, -0.15) is 11.8 Å². The molecule has 2 rings (SSSR count). The summed E-state index contributed by atoms with van der Waals surface area (Å²) in [6, 6.07) is -0.316. The molecule has 0 bridgehead atoms. The van der Waals surface area contributed by atoms with E-state index in [1.165, 1.54) is 12.2 Å². The number of amides is 2. The second-order valence-electron chi connectivity index (χ2n) is 6.46. The van der Waals surface area contributed by atoms with Gasteiger partial charge in [0.15, 0.2) is 0 Å². The van der Waals surface area contributed by atoms with E-state index in [-0.39, 0.29) is 23.8 Å². The van der Waals surface area contributed by atoms with E-state index < -0.39 is 5.54 Å². The summed E-state index contributed by atoms with van der Waals surface area (Å²) in [6.07, 6.45) is 3.02. The monoisotopic (exact) mass is 298 g/mol. The number of thioether (sulfide) groups is 1. The van der Waals surface area contributed by atoms with Gasteiger partial charge >= 0.3 is 0 Å². The van der Waals surface area contributed by atoms with Crippen molar-refractivity contribution in [3.8, 4) is 0 Å². The number of carbonyl (C=O) groups is 2. The van der Waals surface area contributed by atoms with Gasteiger partial charge in [-0.3, -0.25) is 9.59 Å². The first-order chi connectivity index (χ1) is 9.39. The van der Waals surface area contributed by atoms with Crippen molar-refractivity contribution < 1.29 is 9.59 Å². The molecule has 2 saturated heterocycles. The Bertz CT molecular complexity index is 393. The topological polar surface area (TPSA) is 49.4 Å². The average Bonchev–Trinajstić information content (AvgIpc) is 2.88. The van der Waals surface area contributed by atoms with Crippen LogP contribution in [0, 0.1) is 5.92 Å². The molecule has 2 fully saturated rings. The third-order valence-electron chi connectivity index (χ3n) is 4.50. The summed E-state index contributed by atoms with van der Waals surface area (Å²) in [7, 11) is 0. The van der Waals surface area contributed by atoms with Gasteiger partial charge in [0.2, 0.25) is 11.8 Å². The van der Waals surface area contributed by atoms with Gasteiger partial charge in [0.05, 0.1) is 0 Å². The molecule has 2 amide bonds. The predicted octanol–water partition coefficient (Wildman–Crippen LogP) is 2.03.